The van der Waals surface area contributed by atoms with Gasteiger partial charge in [0.25, 0.3) is 5.91 Å². The van der Waals surface area contributed by atoms with E-state index in [2.05, 4.69) is 0 Å². The second-order valence-corrected chi connectivity index (χ2v) is 9.80. The number of likely N-dealkylation sites (N-methyl/N-ethyl adjacent to an activating group) is 1. The Balaban J connectivity index is 1.57. The zero-order valence-corrected chi connectivity index (χ0v) is 18.5. The molecule has 1 heterocycles. The van der Waals surface area contributed by atoms with Crippen molar-refractivity contribution >= 4 is 39.0 Å². The van der Waals surface area contributed by atoms with Crippen LogP contribution in [0.5, 0.6) is 11.5 Å². The largest absolute Gasteiger partial charge is 0.452 e. The first-order chi connectivity index (χ1) is 15.1. The van der Waals surface area contributed by atoms with Gasteiger partial charge in [0.05, 0.1) is 22.0 Å². The predicted molar refractivity (Wildman–Crippen MR) is 115 cm³/mol. The maximum absolute atomic E-state index is 12.2. The first-order valence-electron chi connectivity index (χ1n) is 9.41. The molecule has 2 aromatic carbocycles. The highest BCUT2D eigenvalue weighted by Crippen LogP contribution is 2.33. The number of hydrogen-bond donors (Lipinski definition) is 0. The number of halogens is 1. The van der Waals surface area contributed by atoms with Crippen LogP contribution in [0.4, 0.5) is 5.69 Å². The van der Waals surface area contributed by atoms with Crippen LogP contribution in [-0.2, 0) is 19.4 Å². The maximum Gasteiger partial charge on any atom is 0.338 e. The fourth-order valence-electron chi connectivity index (χ4n) is 3.10. The summed E-state index contributed by atoms with van der Waals surface area (Å²) in [6, 6.07) is 9.16. The van der Waals surface area contributed by atoms with Crippen LogP contribution >= 0.6 is 11.6 Å². The molecule has 1 aliphatic heterocycles. The molecule has 0 bridgehead atoms. The minimum Gasteiger partial charge on any atom is -0.452 e. The summed E-state index contributed by atoms with van der Waals surface area (Å²) in [6.07, 6.45) is 0.353. The molecule has 0 N–H and O–H groups in total. The summed E-state index contributed by atoms with van der Waals surface area (Å²) in [4.78, 5) is 36.2. The molecule has 1 amide bonds. The van der Waals surface area contributed by atoms with Crippen LogP contribution in [0.2, 0.25) is 5.02 Å². The van der Waals surface area contributed by atoms with Crippen molar-refractivity contribution in [2.75, 3.05) is 25.2 Å². The number of esters is 1. The summed E-state index contributed by atoms with van der Waals surface area (Å²) in [7, 11) is -1.67. The maximum atomic E-state index is 12.2. The summed E-state index contributed by atoms with van der Waals surface area (Å²) in [5.41, 5.74) is -0.166. The van der Waals surface area contributed by atoms with Gasteiger partial charge in [-0.25, -0.2) is 13.2 Å². The molecule has 3 rings (SSSR count). The monoisotopic (exact) mass is 482 g/mol. The van der Waals surface area contributed by atoms with E-state index in [1.54, 1.807) is 0 Å². The highest BCUT2D eigenvalue weighted by molar-refractivity contribution is 7.91. The van der Waals surface area contributed by atoms with Crippen LogP contribution in [0.1, 0.15) is 16.8 Å². The summed E-state index contributed by atoms with van der Waals surface area (Å²) in [5.74, 6) is -1.10. The molecule has 1 atom stereocenters. The average Bonchev–Trinajstić information content (AvgIpc) is 3.12. The fourth-order valence-corrected chi connectivity index (χ4v) is 5.04. The van der Waals surface area contributed by atoms with Crippen LogP contribution in [-0.4, -0.2) is 61.3 Å². The predicted octanol–water partition coefficient (Wildman–Crippen LogP) is 2.84. The smallest absolute Gasteiger partial charge is 0.338 e. The standard InChI is InChI=1S/C20H19ClN2O8S/c1-22(15-8-9-32(28,29)12-15)19(24)11-30-20(25)13-2-5-16(6-3-13)31-18-7-4-14(21)10-17(18)23(26)27/h2-7,10,15H,8-9,11-12H2,1H3. The SMILES string of the molecule is CN(C(=O)COC(=O)c1ccc(Oc2ccc(Cl)cc2[N+](=O)[O-])cc1)C1CCS(=O)(=O)C1. The van der Waals surface area contributed by atoms with E-state index in [0.717, 1.165) is 6.07 Å². The topological polar surface area (TPSA) is 133 Å². The van der Waals surface area contributed by atoms with E-state index in [1.165, 1.54) is 48.3 Å². The average molecular weight is 483 g/mol. The summed E-state index contributed by atoms with van der Waals surface area (Å²) < 4.78 is 33.6. The van der Waals surface area contributed by atoms with Gasteiger partial charge in [0.1, 0.15) is 5.75 Å². The van der Waals surface area contributed by atoms with E-state index in [-0.39, 0.29) is 39.3 Å². The lowest BCUT2D eigenvalue weighted by atomic mass is 10.2. The van der Waals surface area contributed by atoms with Gasteiger partial charge in [0, 0.05) is 24.2 Å². The fraction of sp³-hybridized carbons (Fsp3) is 0.300. The number of sulfone groups is 1. The van der Waals surface area contributed by atoms with Crippen LogP contribution in [0.15, 0.2) is 42.5 Å². The molecule has 0 saturated carbocycles. The Bertz CT molecular complexity index is 1150. The first kappa shape index (κ1) is 23.5. The van der Waals surface area contributed by atoms with Crippen molar-refractivity contribution in [2.24, 2.45) is 0 Å². The zero-order valence-electron chi connectivity index (χ0n) is 16.9. The van der Waals surface area contributed by atoms with E-state index >= 15 is 0 Å². The molecule has 1 aliphatic rings. The normalized spacial score (nSPS) is 16.9. The third-order valence-corrected chi connectivity index (χ3v) is 6.90. The van der Waals surface area contributed by atoms with Crippen molar-refractivity contribution in [3.8, 4) is 11.5 Å². The summed E-state index contributed by atoms with van der Waals surface area (Å²) in [6.45, 7) is -0.527. The molecule has 32 heavy (non-hydrogen) atoms. The van der Waals surface area contributed by atoms with E-state index < -0.39 is 39.3 Å². The van der Waals surface area contributed by atoms with Gasteiger partial charge in [-0.05, 0) is 42.8 Å². The Hall–Kier alpha value is -3.18. The molecule has 2 aromatic rings. The number of amides is 1. The lowest BCUT2D eigenvalue weighted by Crippen LogP contribution is -2.40. The Labute approximate surface area is 188 Å². The van der Waals surface area contributed by atoms with Gasteiger partial charge in [0.2, 0.25) is 5.75 Å². The van der Waals surface area contributed by atoms with Crippen molar-refractivity contribution in [2.45, 2.75) is 12.5 Å². The molecular weight excluding hydrogens is 464 g/mol. The number of carbonyl (C=O) groups is 2. The van der Waals surface area contributed by atoms with Gasteiger partial charge in [-0.2, -0.15) is 0 Å². The Kier molecular flexibility index (Phi) is 6.99. The van der Waals surface area contributed by atoms with Crippen molar-refractivity contribution in [3.05, 3.63) is 63.2 Å². The van der Waals surface area contributed by atoms with Gasteiger partial charge < -0.3 is 14.4 Å². The van der Waals surface area contributed by atoms with Crippen LogP contribution in [0.3, 0.4) is 0 Å². The number of nitro groups is 1. The van der Waals surface area contributed by atoms with E-state index in [9.17, 15) is 28.1 Å². The highest BCUT2D eigenvalue weighted by Gasteiger charge is 2.33. The van der Waals surface area contributed by atoms with Crippen LogP contribution < -0.4 is 4.74 Å². The van der Waals surface area contributed by atoms with Crippen molar-refractivity contribution in [1.82, 2.24) is 4.90 Å². The molecule has 10 nitrogen and oxygen atoms in total. The molecule has 0 spiro atoms. The van der Waals surface area contributed by atoms with Gasteiger partial charge in [0.15, 0.2) is 16.4 Å². The van der Waals surface area contributed by atoms with Crippen LogP contribution in [0.25, 0.3) is 0 Å². The molecular formula is C20H19ClN2O8S. The molecule has 0 radical (unpaired) electrons. The summed E-state index contributed by atoms with van der Waals surface area (Å²) in [5, 5.41) is 11.3. The summed E-state index contributed by atoms with van der Waals surface area (Å²) >= 11 is 5.78. The number of nitro benzene ring substituents is 1. The highest BCUT2D eigenvalue weighted by atomic mass is 35.5. The Morgan fingerprint density at radius 1 is 1.22 bits per heavy atom. The lowest BCUT2D eigenvalue weighted by Gasteiger charge is -2.23. The van der Waals surface area contributed by atoms with Crippen LogP contribution in [0, 0.1) is 10.1 Å². The number of rotatable bonds is 7. The van der Waals surface area contributed by atoms with Gasteiger partial charge in [-0.15, -0.1) is 0 Å². The second-order valence-electron chi connectivity index (χ2n) is 7.13. The number of ether oxygens (including phenoxy) is 2. The second kappa shape index (κ2) is 9.53. The van der Waals surface area contributed by atoms with Crippen molar-refractivity contribution in [3.63, 3.8) is 0 Å². The molecule has 0 aliphatic carbocycles. The molecule has 0 aromatic heterocycles. The number of nitrogens with zero attached hydrogens (tertiary/aromatic N) is 2. The molecule has 12 heteroatoms. The molecule has 170 valence electrons. The molecule has 1 unspecified atom stereocenters. The van der Waals surface area contributed by atoms with Crippen molar-refractivity contribution in [1.29, 1.82) is 0 Å². The number of hydrogen-bond acceptors (Lipinski definition) is 8. The first-order valence-corrected chi connectivity index (χ1v) is 11.6. The van der Waals surface area contributed by atoms with Gasteiger partial charge >= 0.3 is 11.7 Å². The van der Waals surface area contributed by atoms with E-state index in [1.807, 2.05) is 0 Å². The Morgan fingerprint density at radius 3 is 2.50 bits per heavy atom. The minimum atomic E-state index is -3.14. The number of benzene rings is 2. The van der Waals surface area contributed by atoms with E-state index in [0.29, 0.717) is 6.42 Å². The third-order valence-electron chi connectivity index (χ3n) is 4.91. The molecule has 1 saturated heterocycles. The lowest BCUT2D eigenvalue weighted by molar-refractivity contribution is -0.385. The Morgan fingerprint density at radius 2 is 1.91 bits per heavy atom. The van der Waals surface area contributed by atoms with Crippen molar-refractivity contribution < 1.29 is 32.4 Å². The zero-order chi connectivity index (χ0) is 23.5. The quantitative estimate of drug-likeness (QED) is 0.334. The molecule has 1 fully saturated rings. The number of carbonyl (C=O) groups excluding carboxylic acids is 2. The van der Waals surface area contributed by atoms with E-state index in [4.69, 9.17) is 21.1 Å². The third kappa shape index (κ3) is 5.74. The van der Waals surface area contributed by atoms with Gasteiger partial charge in [-0.3, -0.25) is 14.9 Å². The van der Waals surface area contributed by atoms with Gasteiger partial charge in [-0.1, -0.05) is 11.6 Å². The minimum absolute atomic E-state index is 0.0164.